The Kier molecular flexibility index (Phi) is 3.37. The van der Waals surface area contributed by atoms with E-state index in [4.69, 9.17) is 0 Å². The van der Waals surface area contributed by atoms with Crippen LogP contribution in [0.15, 0.2) is 36.5 Å². The van der Waals surface area contributed by atoms with Crippen LogP contribution in [-0.2, 0) is 9.59 Å². The van der Waals surface area contributed by atoms with Crippen LogP contribution in [0.2, 0.25) is 0 Å². The summed E-state index contributed by atoms with van der Waals surface area (Å²) in [6.07, 6.45) is 2.60. The number of amides is 2. The van der Waals surface area contributed by atoms with Gasteiger partial charge >= 0.3 is 0 Å². The van der Waals surface area contributed by atoms with E-state index in [0.29, 0.717) is 18.8 Å². The number of hydrogen-bond donors (Lipinski definition) is 1. The minimum absolute atomic E-state index is 0.201. The van der Waals surface area contributed by atoms with Crippen LogP contribution in [0.5, 0.6) is 0 Å². The van der Waals surface area contributed by atoms with Crippen LogP contribution in [0, 0.1) is 0 Å². The van der Waals surface area contributed by atoms with E-state index in [1.165, 1.54) is 5.56 Å². The average molecular weight is 321 g/mol. The summed E-state index contributed by atoms with van der Waals surface area (Å²) < 4.78 is 2.00. The smallest absolute Gasteiger partial charge is 0.249 e. The van der Waals surface area contributed by atoms with Gasteiger partial charge in [-0.25, -0.2) is 4.98 Å². The molecule has 1 unspecified atom stereocenters. The summed E-state index contributed by atoms with van der Waals surface area (Å²) in [6, 6.07) is 9.92. The first-order valence-corrected chi connectivity index (χ1v) is 8.28. The molecule has 1 N–H and O–H groups in total. The van der Waals surface area contributed by atoms with E-state index in [9.17, 15) is 9.59 Å². The van der Waals surface area contributed by atoms with E-state index in [1.807, 2.05) is 16.7 Å². The monoisotopic (exact) mass is 321 g/mol. The molecule has 1 aliphatic rings. The molecule has 1 aromatic carbocycles. The van der Waals surface area contributed by atoms with E-state index < -0.39 is 6.04 Å². The highest BCUT2D eigenvalue weighted by Crippen LogP contribution is 2.34. The van der Waals surface area contributed by atoms with E-state index in [0.717, 1.165) is 21.9 Å². The number of fused-ring (bicyclic) bond motifs is 3. The minimum Gasteiger partial charge on any atom is -0.313 e. The van der Waals surface area contributed by atoms with Crippen molar-refractivity contribution >= 4 is 33.8 Å². The second-order valence-corrected chi connectivity index (χ2v) is 6.64. The first-order chi connectivity index (χ1) is 11.6. The Bertz CT molecular complexity index is 971. The zero-order valence-corrected chi connectivity index (χ0v) is 13.7. The lowest BCUT2D eigenvalue weighted by molar-refractivity contribution is -0.135. The highest BCUT2D eigenvalue weighted by Gasteiger charge is 2.30. The molecular weight excluding hydrogens is 302 g/mol. The van der Waals surface area contributed by atoms with Crippen LogP contribution in [0.3, 0.4) is 0 Å². The third-order valence-corrected chi connectivity index (χ3v) is 4.77. The molecule has 2 amide bonds. The quantitative estimate of drug-likeness (QED) is 0.737. The van der Waals surface area contributed by atoms with Gasteiger partial charge in [0.05, 0.1) is 5.52 Å². The van der Waals surface area contributed by atoms with Gasteiger partial charge in [0.15, 0.2) is 0 Å². The highest BCUT2D eigenvalue weighted by atomic mass is 16.2. The summed E-state index contributed by atoms with van der Waals surface area (Å²) in [4.78, 5) is 28.5. The highest BCUT2D eigenvalue weighted by molar-refractivity contribution is 6.09. The summed E-state index contributed by atoms with van der Waals surface area (Å²) in [5, 5.41) is 4.58. The predicted octanol–water partition coefficient (Wildman–Crippen LogP) is 3.29. The Morgan fingerprint density at radius 1 is 1.21 bits per heavy atom. The number of nitrogens with one attached hydrogen (secondary N) is 1. The normalized spacial score (nSPS) is 18.5. The van der Waals surface area contributed by atoms with Gasteiger partial charge in [0.25, 0.3) is 0 Å². The zero-order chi connectivity index (χ0) is 16.8. The van der Waals surface area contributed by atoms with Crippen LogP contribution < -0.4 is 5.32 Å². The lowest BCUT2D eigenvalue weighted by atomic mass is 10.0. The van der Waals surface area contributed by atoms with Crippen molar-refractivity contribution in [2.24, 2.45) is 0 Å². The number of hydrogen-bond acceptors (Lipinski definition) is 3. The third-order valence-electron chi connectivity index (χ3n) is 4.77. The number of rotatable bonds is 2. The molecule has 3 aromatic rings. The van der Waals surface area contributed by atoms with Gasteiger partial charge in [-0.15, -0.1) is 0 Å². The number of imide groups is 1. The van der Waals surface area contributed by atoms with Crippen molar-refractivity contribution in [2.45, 2.75) is 38.6 Å². The molecule has 0 radical (unpaired) electrons. The van der Waals surface area contributed by atoms with Gasteiger partial charge in [0.1, 0.15) is 11.7 Å². The first-order valence-electron chi connectivity index (χ1n) is 8.28. The Morgan fingerprint density at radius 2 is 2.04 bits per heavy atom. The topological polar surface area (TPSA) is 64.0 Å². The number of benzene rings is 1. The molecule has 0 spiro atoms. The number of pyridine rings is 1. The molecule has 1 aliphatic heterocycles. The molecule has 3 heterocycles. The first kappa shape index (κ1) is 14.9. The summed E-state index contributed by atoms with van der Waals surface area (Å²) in [5.74, 6) is -0.0471. The number of piperidine rings is 1. The molecule has 0 saturated carbocycles. The summed E-state index contributed by atoms with van der Waals surface area (Å²) >= 11 is 0. The van der Waals surface area contributed by atoms with Crippen LogP contribution in [0.1, 0.15) is 44.2 Å². The molecule has 4 rings (SSSR count). The second-order valence-electron chi connectivity index (χ2n) is 6.64. The van der Waals surface area contributed by atoms with E-state index in [-0.39, 0.29) is 11.8 Å². The lowest BCUT2D eigenvalue weighted by Crippen LogP contribution is -2.41. The number of carbonyl (C=O) groups is 2. The molecule has 0 bridgehead atoms. The predicted molar refractivity (Wildman–Crippen MR) is 92.7 cm³/mol. The van der Waals surface area contributed by atoms with Crippen molar-refractivity contribution in [2.75, 3.05) is 0 Å². The SMILES string of the molecule is CC(C)c1ccc2c3cccnc3n(C3CCC(=O)NC3=O)c2c1. The average Bonchev–Trinajstić information content (AvgIpc) is 2.89. The van der Waals surface area contributed by atoms with E-state index in [1.54, 1.807) is 6.20 Å². The molecule has 24 heavy (non-hydrogen) atoms. The zero-order valence-electron chi connectivity index (χ0n) is 13.7. The summed E-state index contributed by atoms with van der Waals surface area (Å²) in [5.41, 5.74) is 3.02. The van der Waals surface area contributed by atoms with Gasteiger partial charge in [0.2, 0.25) is 11.8 Å². The molecule has 1 fully saturated rings. The van der Waals surface area contributed by atoms with Gasteiger partial charge in [-0.3, -0.25) is 14.9 Å². The fourth-order valence-corrected chi connectivity index (χ4v) is 3.49. The van der Waals surface area contributed by atoms with Crippen molar-refractivity contribution in [1.82, 2.24) is 14.9 Å². The molecule has 5 nitrogen and oxygen atoms in total. The molecular formula is C19H19N3O2. The molecule has 2 aromatic heterocycles. The van der Waals surface area contributed by atoms with Crippen molar-refractivity contribution in [3.05, 3.63) is 42.1 Å². The Balaban J connectivity index is 2.01. The van der Waals surface area contributed by atoms with E-state index in [2.05, 4.69) is 42.3 Å². The molecule has 1 saturated heterocycles. The lowest BCUT2D eigenvalue weighted by Gasteiger charge is -2.23. The van der Waals surface area contributed by atoms with Crippen LogP contribution in [0.25, 0.3) is 21.9 Å². The third kappa shape index (κ3) is 2.19. The Hall–Kier alpha value is -2.69. The van der Waals surface area contributed by atoms with Gasteiger partial charge in [-0.05, 0) is 36.1 Å². The number of carbonyl (C=O) groups excluding carboxylic acids is 2. The van der Waals surface area contributed by atoms with Gasteiger partial charge in [-0.1, -0.05) is 26.0 Å². The number of nitrogens with zero attached hydrogens (tertiary/aromatic N) is 2. The second kappa shape index (κ2) is 5.44. The molecule has 5 heteroatoms. The van der Waals surface area contributed by atoms with Crippen LogP contribution in [-0.4, -0.2) is 21.4 Å². The van der Waals surface area contributed by atoms with Crippen molar-refractivity contribution in [3.8, 4) is 0 Å². The fourth-order valence-electron chi connectivity index (χ4n) is 3.49. The van der Waals surface area contributed by atoms with Gasteiger partial charge < -0.3 is 4.57 Å². The Morgan fingerprint density at radius 3 is 2.79 bits per heavy atom. The minimum atomic E-state index is -0.403. The van der Waals surface area contributed by atoms with Crippen LogP contribution >= 0.6 is 0 Å². The van der Waals surface area contributed by atoms with Crippen molar-refractivity contribution in [3.63, 3.8) is 0 Å². The number of aromatic nitrogens is 2. The molecule has 0 aliphatic carbocycles. The van der Waals surface area contributed by atoms with Gasteiger partial charge in [0, 0.05) is 23.4 Å². The fraction of sp³-hybridized carbons (Fsp3) is 0.316. The molecule has 1 atom stereocenters. The largest absolute Gasteiger partial charge is 0.313 e. The van der Waals surface area contributed by atoms with Crippen LogP contribution in [0.4, 0.5) is 0 Å². The maximum Gasteiger partial charge on any atom is 0.249 e. The summed E-state index contributed by atoms with van der Waals surface area (Å²) in [7, 11) is 0. The van der Waals surface area contributed by atoms with Crippen molar-refractivity contribution < 1.29 is 9.59 Å². The van der Waals surface area contributed by atoms with E-state index >= 15 is 0 Å². The van der Waals surface area contributed by atoms with Crippen molar-refractivity contribution in [1.29, 1.82) is 0 Å². The summed E-state index contributed by atoms with van der Waals surface area (Å²) in [6.45, 7) is 4.30. The molecule has 122 valence electrons. The van der Waals surface area contributed by atoms with Gasteiger partial charge in [-0.2, -0.15) is 0 Å². The Labute approximate surface area is 139 Å². The standard InChI is InChI=1S/C19H19N3O2/c1-11(2)12-5-6-13-14-4-3-9-20-18(14)22(16(13)10-12)15-7-8-17(23)21-19(15)24/h3-6,9-11,15H,7-8H2,1-2H3,(H,21,23,24). The maximum absolute atomic E-state index is 12.4. The maximum atomic E-state index is 12.4.